The number of aliphatic hydroxyl groups is 3. The molecule has 0 spiro atoms. The van der Waals surface area contributed by atoms with E-state index in [1.165, 1.54) is 0 Å². The van der Waals surface area contributed by atoms with Crippen LogP contribution in [-0.4, -0.2) is 54.8 Å². The second-order valence-electron chi connectivity index (χ2n) is 5.35. The van der Waals surface area contributed by atoms with E-state index in [9.17, 15) is 0 Å². The summed E-state index contributed by atoms with van der Waals surface area (Å²) >= 11 is 0. The Kier molecular flexibility index (Phi) is 7.84. The summed E-state index contributed by atoms with van der Waals surface area (Å²) < 4.78 is 0. The maximum absolute atomic E-state index is 9.08. The Balaban J connectivity index is 1.98. The molecule has 0 bridgehead atoms. The fourth-order valence-corrected chi connectivity index (χ4v) is 2.30. The van der Waals surface area contributed by atoms with Crippen LogP contribution in [0.3, 0.4) is 0 Å². The summed E-state index contributed by atoms with van der Waals surface area (Å²) in [4.78, 5) is 1.90. The summed E-state index contributed by atoms with van der Waals surface area (Å²) in [7, 11) is 0. The third-order valence-electron chi connectivity index (χ3n) is 3.54. The number of nitrogens with zero attached hydrogens (tertiary/aromatic N) is 3. The van der Waals surface area contributed by atoms with Crippen LogP contribution in [0.4, 0.5) is 22.7 Å². The molecule has 2 rings (SSSR count). The molecule has 0 atom stereocenters. The molecular weight excluding hydrogens is 320 g/mol. The molecule has 0 saturated carbocycles. The number of benzene rings is 2. The average molecular weight is 344 g/mol. The first-order chi connectivity index (χ1) is 12.3. The largest absolute Gasteiger partial charge is 0.395 e. The standard InChI is InChI=1S/C18H24N4O3/c23-12-9-19-15-1-3-16(4-2-15)20-21-17-5-7-18(8-6-17)22(10-13-24)11-14-25/h1-8,19,23-25H,9-14H2. The molecule has 0 heterocycles. The van der Waals surface area contributed by atoms with Crippen molar-refractivity contribution in [1.82, 2.24) is 0 Å². The molecule has 2 aromatic rings. The molecule has 0 unspecified atom stereocenters. The van der Waals surface area contributed by atoms with E-state index < -0.39 is 0 Å². The molecule has 0 aliphatic heterocycles. The predicted octanol–water partition coefficient (Wildman–Crippen LogP) is 2.30. The summed E-state index contributed by atoms with van der Waals surface area (Å²) in [6.45, 7) is 1.60. The molecule has 0 aromatic heterocycles. The normalized spacial score (nSPS) is 11.0. The van der Waals surface area contributed by atoms with E-state index in [4.69, 9.17) is 15.3 Å². The van der Waals surface area contributed by atoms with Crippen molar-refractivity contribution in [3.63, 3.8) is 0 Å². The smallest absolute Gasteiger partial charge is 0.0858 e. The number of rotatable bonds is 10. The molecule has 25 heavy (non-hydrogen) atoms. The van der Waals surface area contributed by atoms with Gasteiger partial charge in [0.15, 0.2) is 0 Å². The van der Waals surface area contributed by atoms with Crippen molar-refractivity contribution in [2.75, 3.05) is 49.7 Å². The van der Waals surface area contributed by atoms with E-state index in [0.717, 1.165) is 22.7 Å². The SMILES string of the molecule is OCCNc1ccc(N=Nc2ccc(N(CCO)CCO)cc2)cc1. The lowest BCUT2D eigenvalue weighted by Crippen LogP contribution is -2.29. The van der Waals surface area contributed by atoms with Gasteiger partial charge in [0, 0.05) is 31.0 Å². The van der Waals surface area contributed by atoms with Gasteiger partial charge in [-0.1, -0.05) is 0 Å². The highest BCUT2D eigenvalue weighted by molar-refractivity contribution is 5.54. The maximum atomic E-state index is 9.08. The van der Waals surface area contributed by atoms with Gasteiger partial charge in [-0.25, -0.2) is 0 Å². The Morgan fingerprint density at radius 2 is 1.24 bits per heavy atom. The highest BCUT2D eigenvalue weighted by Gasteiger charge is 2.04. The second-order valence-corrected chi connectivity index (χ2v) is 5.35. The van der Waals surface area contributed by atoms with Crippen molar-refractivity contribution in [1.29, 1.82) is 0 Å². The quantitative estimate of drug-likeness (QED) is 0.496. The first kappa shape index (κ1) is 18.9. The molecule has 0 aliphatic rings. The number of anilines is 2. The first-order valence-corrected chi connectivity index (χ1v) is 8.20. The number of hydrogen-bond donors (Lipinski definition) is 4. The van der Waals surface area contributed by atoms with Gasteiger partial charge in [0.05, 0.1) is 31.2 Å². The lowest BCUT2D eigenvalue weighted by molar-refractivity contribution is 0.281. The van der Waals surface area contributed by atoms with Gasteiger partial charge in [-0.3, -0.25) is 0 Å². The Morgan fingerprint density at radius 3 is 1.72 bits per heavy atom. The van der Waals surface area contributed by atoms with Gasteiger partial charge in [0.1, 0.15) is 0 Å². The van der Waals surface area contributed by atoms with Crippen LogP contribution in [0.2, 0.25) is 0 Å². The molecule has 2 aromatic carbocycles. The minimum atomic E-state index is 0.0324. The Bertz CT molecular complexity index is 638. The van der Waals surface area contributed by atoms with E-state index in [0.29, 0.717) is 19.6 Å². The van der Waals surface area contributed by atoms with Crippen molar-refractivity contribution in [2.24, 2.45) is 10.2 Å². The third kappa shape index (κ3) is 6.15. The van der Waals surface area contributed by atoms with Crippen molar-refractivity contribution in [2.45, 2.75) is 0 Å². The van der Waals surface area contributed by atoms with Crippen LogP contribution in [0.1, 0.15) is 0 Å². The first-order valence-electron chi connectivity index (χ1n) is 8.20. The minimum absolute atomic E-state index is 0.0324. The van der Waals surface area contributed by atoms with Crippen LogP contribution >= 0.6 is 0 Å². The molecule has 4 N–H and O–H groups in total. The molecule has 0 radical (unpaired) electrons. The fraction of sp³-hybridized carbons (Fsp3) is 0.333. The summed E-state index contributed by atoms with van der Waals surface area (Å²) in [5, 5.41) is 38.4. The van der Waals surface area contributed by atoms with E-state index in [1.54, 1.807) is 0 Å². The van der Waals surface area contributed by atoms with E-state index >= 15 is 0 Å². The zero-order chi connectivity index (χ0) is 17.9. The van der Waals surface area contributed by atoms with Gasteiger partial charge in [-0.2, -0.15) is 10.2 Å². The highest BCUT2D eigenvalue weighted by atomic mass is 16.3. The number of hydrogen-bond acceptors (Lipinski definition) is 7. The number of azo groups is 1. The summed E-state index contributed by atoms with van der Waals surface area (Å²) in [6, 6.07) is 14.9. The molecule has 0 fully saturated rings. The van der Waals surface area contributed by atoms with Crippen LogP contribution < -0.4 is 10.2 Å². The molecule has 7 heteroatoms. The van der Waals surface area contributed by atoms with E-state index in [-0.39, 0.29) is 19.8 Å². The van der Waals surface area contributed by atoms with Crippen molar-refractivity contribution >= 4 is 22.7 Å². The fourth-order valence-electron chi connectivity index (χ4n) is 2.30. The highest BCUT2D eigenvalue weighted by Crippen LogP contribution is 2.23. The zero-order valence-corrected chi connectivity index (χ0v) is 14.0. The molecule has 0 aliphatic carbocycles. The van der Waals surface area contributed by atoms with Crippen LogP contribution in [0.5, 0.6) is 0 Å². The third-order valence-corrected chi connectivity index (χ3v) is 3.54. The zero-order valence-electron chi connectivity index (χ0n) is 14.0. The van der Waals surface area contributed by atoms with Crippen molar-refractivity contribution in [3.05, 3.63) is 48.5 Å². The topological polar surface area (TPSA) is 101 Å². The van der Waals surface area contributed by atoms with Crippen molar-refractivity contribution < 1.29 is 15.3 Å². The van der Waals surface area contributed by atoms with Crippen molar-refractivity contribution in [3.8, 4) is 0 Å². The Hall–Kier alpha value is -2.48. The van der Waals surface area contributed by atoms with Crippen LogP contribution in [-0.2, 0) is 0 Å². The van der Waals surface area contributed by atoms with Crippen LogP contribution in [0.15, 0.2) is 58.8 Å². The maximum Gasteiger partial charge on any atom is 0.0858 e. The predicted molar refractivity (Wildman–Crippen MR) is 99.0 cm³/mol. The lowest BCUT2D eigenvalue weighted by atomic mass is 10.2. The summed E-state index contributed by atoms with van der Waals surface area (Å²) in [6.07, 6.45) is 0. The molecule has 0 amide bonds. The van der Waals surface area contributed by atoms with Gasteiger partial charge < -0.3 is 25.5 Å². The Labute approximate surface area is 147 Å². The minimum Gasteiger partial charge on any atom is -0.395 e. The second kappa shape index (κ2) is 10.4. The number of nitrogens with one attached hydrogen (secondary N) is 1. The van der Waals surface area contributed by atoms with Gasteiger partial charge in [-0.15, -0.1) is 0 Å². The van der Waals surface area contributed by atoms with Crippen LogP contribution in [0, 0.1) is 0 Å². The summed E-state index contributed by atoms with van der Waals surface area (Å²) in [5.41, 5.74) is 3.30. The van der Waals surface area contributed by atoms with E-state index in [1.807, 2.05) is 53.4 Å². The molecule has 134 valence electrons. The Morgan fingerprint density at radius 1 is 0.720 bits per heavy atom. The number of aliphatic hydroxyl groups excluding tert-OH is 3. The van der Waals surface area contributed by atoms with Gasteiger partial charge >= 0.3 is 0 Å². The van der Waals surface area contributed by atoms with Gasteiger partial charge in [0.25, 0.3) is 0 Å². The molecule has 7 nitrogen and oxygen atoms in total. The van der Waals surface area contributed by atoms with E-state index in [2.05, 4.69) is 15.5 Å². The summed E-state index contributed by atoms with van der Waals surface area (Å²) in [5.74, 6) is 0. The monoisotopic (exact) mass is 344 g/mol. The molecule has 0 saturated heterocycles. The van der Waals surface area contributed by atoms with Gasteiger partial charge in [0.2, 0.25) is 0 Å². The van der Waals surface area contributed by atoms with Crippen LogP contribution in [0.25, 0.3) is 0 Å². The average Bonchev–Trinajstić information content (AvgIpc) is 2.66. The molecular formula is C18H24N4O3. The lowest BCUT2D eigenvalue weighted by Gasteiger charge is -2.22. The van der Waals surface area contributed by atoms with Gasteiger partial charge in [-0.05, 0) is 48.5 Å².